The average molecular weight is 497 g/mol. The number of hydrogen-bond donors (Lipinski definition) is 7. The molecule has 0 aromatic rings. The minimum Gasteiger partial charge on any atom is -0.394 e. The molecule has 11 heteroatoms. The lowest BCUT2D eigenvalue weighted by Crippen LogP contribution is -2.64. The first-order valence-corrected chi connectivity index (χ1v) is 12.6. The Morgan fingerprint density at radius 1 is 0.588 bits per heavy atom. The summed E-state index contributed by atoms with van der Waals surface area (Å²) in [4.78, 5) is 0. The lowest BCUT2D eigenvalue weighted by molar-refractivity contribution is -0.359. The van der Waals surface area contributed by atoms with Crippen LogP contribution in [0.25, 0.3) is 0 Å². The van der Waals surface area contributed by atoms with Gasteiger partial charge in [0.1, 0.15) is 48.8 Å². The van der Waals surface area contributed by atoms with E-state index in [-0.39, 0.29) is 0 Å². The first kappa shape index (κ1) is 29.8. The number of aliphatic hydroxyl groups excluding tert-OH is 7. The molecule has 7 N–H and O–H groups in total. The number of rotatable bonds is 15. The number of hydrogen-bond acceptors (Lipinski definition) is 11. The molecule has 2 aliphatic rings. The largest absolute Gasteiger partial charge is 0.394 e. The van der Waals surface area contributed by atoms with E-state index in [4.69, 9.17) is 18.9 Å². The Balaban J connectivity index is 1.78. The van der Waals surface area contributed by atoms with Crippen molar-refractivity contribution in [3.63, 3.8) is 0 Å². The third kappa shape index (κ3) is 8.31. The predicted molar refractivity (Wildman–Crippen MR) is 120 cm³/mol. The summed E-state index contributed by atoms with van der Waals surface area (Å²) >= 11 is 0. The summed E-state index contributed by atoms with van der Waals surface area (Å²) in [7, 11) is 0. The molecular weight excluding hydrogens is 452 g/mol. The van der Waals surface area contributed by atoms with E-state index in [1.807, 2.05) is 0 Å². The van der Waals surface area contributed by atoms with Crippen LogP contribution in [0.2, 0.25) is 0 Å². The Morgan fingerprint density at radius 3 is 1.71 bits per heavy atom. The molecule has 0 spiro atoms. The van der Waals surface area contributed by atoms with Crippen LogP contribution in [-0.2, 0) is 18.9 Å². The standard InChI is InChI=1S/C23H44O11/c1-2-3-4-5-6-7-8-9-10-11-31-22-20(30)18(28)21(15(13-25)33-22)34-23-19(29)17(27)16(26)14(12-24)32-23/h14-30H,2-13H2,1H3/t14-,15-,16-,17+,18-,19-,20-,21-,22-,23-/m1/s1. The van der Waals surface area contributed by atoms with E-state index in [0.29, 0.717) is 6.61 Å². The SMILES string of the molecule is CCCCCCCCCCCO[C@@H]1O[C@H](CO)[C@@H](O[C@H]2O[C@H](CO)[C@@H](O)[C@H](O)[C@H]2O)[C@H](O)[C@H]1O. The van der Waals surface area contributed by atoms with E-state index >= 15 is 0 Å². The van der Waals surface area contributed by atoms with Crippen molar-refractivity contribution in [2.24, 2.45) is 0 Å². The summed E-state index contributed by atoms with van der Waals surface area (Å²) in [5.41, 5.74) is 0. The van der Waals surface area contributed by atoms with E-state index in [2.05, 4.69) is 6.92 Å². The summed E-state index contributed by atoms with van der Waals surface area (Å²) in [6.45, 7) is 1.29. The molecule has 2 rings (SSSR count). The molecule has 2 heterocycles. The molecule has 0 aromatic heterocycles. The first-order chi connectivity index (χ1) is 16.3. The van der Waals surface area contributed by atoms with Crippen molar-refractivity contribution in [1.82, 2.24) is 0 Å². The Bertz CT molecular complexity index is 535. The summed E-state index contributed by atoms with van der Waals surface area (Å²) in [5, 5.41) is 70.0. The monoisotopic (exact) mass is 496 g/mol. The molecule has 34 heavy (non-hydrogen) atoms. The zero-order valence-corrected chi connectivity index (χ0v) is 20.0. The van der Waals surface area contributed by atoms with Crippen LogP contribution in [0, 0.1) is 0 Å². The molecule has 2 fully saturated rings. The van der Waals surface area contributed by atoms with Gasteiger partial charge in [-0.3, -0.25) is 0 Å². The molecule has 10 atom stereocenters. The van der Waals surface area contributed by atoms with Crippen LogP contribution in [0.1, 0.15) is 64.7 Å². The second-order valence-corrected chi connectivity index (χ2v) is 9.20. The van der Waals surface area contributed by atoms with E-state index in [1.54, 1.807) is 0 Å². The lowest BCUT2D eigenvalue weighted by Gasteiger charge is -2.45. The fourth-order valence-corrected chi connectivity index (χ4v) is 4.31. The molecule has 11 nitrogen and oxygen atoms in total. The molecule has 0 saturated carbocycles. The van der Waals surface area contributed by atoms with Gasteiger partial charge in [-0.15, -0.1) is 0 Å². The summed E-state index contributed by atoms with van der Waals surface area (Å²) in [6.07, 6.45) is -3.99. The Labute approximate surface area is 201 Å². The second-order valence-electron chi connectivity index (χ2n) is 9.20. The predicted octanol–water partition coefficient (Wildman–Crippen LogP) is -0.842. The zero-order valence-electron chi connectivity index (χ0n) is 20.0. The molecule has 0 amide bonds. The van der Waals surface area contributed by atoms with Crippen molar-refractivity contribution in [3.8, 4) is 0 Å². The third-order valence-electron chi connectivity index (χ3n) is 6.49. The number of aliphatic hydroxyl groups is 7. The normalized spacial score (nSPS) is 38.8. The van der Waals surface area contributed by atoms with Gasteiger partial charge in [0.05, 0.1) is 13.2 Å². The fraction of sp³-hybridized carbons (Fsp3) is 1.00. The van der Waals surface area contributed by atoms with Crippen LogP contribution in [0.15, 0.2) is 0 Å². The molecular formula is C23H44O11. The summed E-state index contributed by atoms with van der Waals surface area (Å²) < 4.78 is 22.0. The number of unbranched alkanes of at least 4 members (excludes halogenated alkanes) is 8. The van der Waals surface area contributed by atoms with Gasteiger partial charge in [0.2, 0.25) is 0 Å². The molecule has 0 aliphatic carbocycles. The van der Waals surface area contributed by atoms with Crippen molar-refractivity contribution in [3.05, 3.63) is 0 Å². The molecule has 2 saturated heterocycles. The van der Waals surface area contributed by atoms with Crippen LogP contribution in [0.4, 0.5) is 0 Å². The van der Waals surface area contributed by atoms with Gasteiger partial charge in [0, 0.05) is 6.61 Å². The maximum Gasteiger partial charge on any atom is 0.187 e. The van der Waals surface area contributed by atoms with Gasteiger partial charge < -0.3 is 54.7 Å². The van der Waals surface area contributed by atoms with Gasteiger partial charge in [-0.1, -0.05) is 58.3 Å². The maximum absolute atomic E-state index is 10.6. The van der Waals surface area contributed by atoms with E-state index in [9.17, 15) is 35.7 Å². The van der Waals surface area contributed by atoms with Gasteiger partial charge in [-0.25, -0.2) is 0 Å². The van der Waals surface area contributed by atoms with E-state index in [1.165, 1.54) is 38.5 Å². The lowest BCUT2D eigenvalue weighted by atomic mass is 9.97. The smallest absolute Gasteiger partial charge is 0.187 e. The van der Waals surface area contributed by atoms with Crippen LogP contribution < -0.4 is 0 Å². The van der Waals surface area contributed by atoms with E-state index in [0.717, 1.165) is 19.3 Å². The summed E-state index contributed by atoms with van der Waals surface area (Å²) in [6, 6.07) is 0. The van der Waals surface area contributed by atoms with Gasteiger partial charge >= 0.3 is 0 Å². The molecule has 202 valence electrons. The summed E-state index contributed by atoms with van der Waals surface area (Å²) in [5.74, 6) is 0. The van der Waals surface area contributed by atoms with Gasteiger partial charge in [0.15, 0.2) is 12.6 Å². The van der Waals surface area contributed by atoms with Crippen molar-refractivity contribution >= 4 is 0 Å². The molecule has 0 bridgehead atoms. The molecule has 2 aliphatic heterocycles. The number of ether oxygens (including phenoxy) is 4. The topological polar surface area (TPSA) is 179 Å². The quantitative estimate of drug-likeness (QED) is 0.141. The van der Waals surface area contributed by atoms with Crippen molar-refractivity contribution in [2.45, 2.75) is 126 Å². The second kappa shape index (κ2) is 15.6. The van der Waals surface area contributed by atoms with E-state index < -0.39 is 74.6 Å². The van der Waals surface area contributed by atoms with Crippen molar-refractivity contribution in [1.29, 1.82) is 0 Å². The highest BCUT2D eigenvalue weighted by Crippen LogP contribution is 2.29. The third-order valence-corrected chi connectivity index (χ3v) is 6.49. The Morgan fingerprint density at radius 2 is 1.12 bits per heavy atom. The van der Waals surface area contributed by atoms with Crippen LogP contribution >= 0.6 is 0 Å². The Hall–Kier alpha value is -0.440. The average Bonchev–Trinajstić information content (AvgIpc) is 2.84. The highest BCUT2D eigenvalue weighted by Gasteiger charge is 2.50. The minimum atomic E-state index is -1.69. The maximum atomic E-state index is 10.6. The van der Waals surface area contributed by atoms with Crippen LogP contribution in [-0.4, -0.2) is 117 Å². The van der Waals surface area contributed by atoms with Crippen molar-refractivity contribution < 1.29 is 54.7 Å². The van der Waals surface area contributed by atoms with Crippen LogP contribution in [0.3, 0.4) is 0 Å². The van der Waals surface area contributed by atoms with Gasteiger partial charge in [-0.2, -0.15) is 0 Å². The molecule has 0 aromatic carbocycles. The van der Waals surface area contributed by atoms with Crippen molar-refractivity contribution in [2.75, 3.05) is 19.8 Å². The highest BCUT2D eigenvalue weighted by molar-refractivity contribution is 4.94. The van der Waals surface area contributed by atoms with Crippen LogP contribution in [0.5, 0.6) is 0 Å². The highest BCUT2D eigenvalue weighted by atomic mass is 16.7. The first-order valence-electron chi connectivity index (χ1n) is 12.6. The zero-order chi connectivity index (χ0) is 25.1. The van der Waals surface area contributed by atoms with Gasteiger partial charge in [0.25, 0.3) is 0 Å². The van der Waals surface area contributed by atoms with Gasteiger partial charge in [-0.05, 0) is 6.42 Å². The Kier molecular flexibility index (Phi) is 13.7. The molecule has 0 radical (unpaired) electrons. The minimum absolute atomic E-state index is 0.320. The molecule has 0 unspecified atom stereocenters. The fourth-order valence-electron chi connectivity index (χ4n) is 4.31.